The van der Waals surface area contributed by atoms with Crippen molar-refractivity contribution in [2.24, 2.45) is 0 Å². The second-order valence-electron chi connectivity index (χ2n) is 10.5. The van der Waals surface area contributed by atoms with Crippen molar-refractivity contribution in [1.29, 1.82) is 0 Å². The van der Waals surface area contributed by atoms with Crippen molar-refractivity contribution in [2.75, 3.05) is 0 Å². The van der Waals surface area contributed by atoms with E-state index in [1.165, 1.54) is 32.3 Å². The van der Waals surface area contributed by atoms with Crippen molar-refractivity contribution < 1.29 is 0 Å². The first-order chi connectivity index (χ1) is 20.8. The molecule has 0 bridgehead atoms. The van der Waals surface area contributed by atoms with Crippen molar-refractivity contribution >= 4 is 32.3 Å². The van der Waals surface area contributed by atoms with Gasteiger partial charge in [0.25, 0.3) is 0 Å². The Hall–Kier alpha value is -5.67. The summed E-state index contributed by atoms with van der Waals surface area (Å²) in [6, 6.07) is 48.9. The number of rotatable bonds is 4. The van der Waals surface area contributed by atoms with Crippen LogP contribution in [-0.4, -0.2) is 15.0 Å². The highest BCUT2D eigenvalue weighted by atomic mass is 14.9. The smallest absolute Gasteiger partial charge is 0.160 e. The third-order valence-electron chi connectivity index (χ3n) is 7.96. The number of benzene rings is 6. The number of hydrogen-bond donors (Lipinski definition) is 0. The molecule has 8 aromatic rings. The molecule has 42 heavy (non-hydrogen) atoms. The van der Waals surface area contributed by atoms with Crippen molar-refractivity contribution in [3.8, 4) is 45.0 Å². The van der Waals surface area contributed by atoms with Gasteiger partial charge >= 0.3 is 0 Å². The molecule has 2 aromatic heterocycles. The van der Waals surface area contributed by atoms with E-state index in [4.69, 9.17) is 9.97 Å². The first-order valence-electron chi connectivity index (χ1n) is 14.1. The summed E-state index contributed by atoms with van der Waals surface area (Å²) in [6.45, 7) is 0. The Bertz CT molecular complexity index is 2220. The lowest BCUT2D eigenvalue weighted by molar-refractivity contribution is 1.19. The van der Waals surface area contributed by atoms with Gasteiger partial charge < -0.3 is 0 Å². The van der Waals surface area contributed by atoms with Crippen molar-refractivity contribution in [2.45, 2.75) is 0 Å². The molecule has 0 amide bonds. The SMILES string of the molecule is c1ccc(-c2nc(-c3ccc(-c4cccnc4)cc3)cc(-c3cc4ccc5ccccc5c4c4ccccc34)n2)cc1. The number of hydrogen-bond acceptors (Lipinski definition) is 3. The van der Waals surface area contributed by atoms with Crippen molar-refractivity contribution in [1.82, 2.24) is 15.0 Å². The molecule has 2 heterocycles. The average Bonchev–Trinajstić information content (AvgIpc) is 3.08. The van der Waals surface area contributed by atoms with E-state index in [0.717, 1.165) is 39.2 Å². The molecule has 6 aromatic carbocycles. The summed E-state index contributed by atoms with van der Waals surface area (Å²) in [5, 5.41) is 7.38. The molecule has 0 aliphatic rings. The minimum atomic E-state index is 0.710. The maximum absolute atomic E-state index is 5.16. The van der Waals surface area contributed by atoms with Crippen LogP contribution in [-0.2, 0) is 0 Å². The van der Waals surface area contributed by atoms with E-state index < -0.39 is 0 Å². The lowest BCUT2D eigenvalue weighted by Crippen LogP contribution is -1.97. The van der Waals surface area contributed by atoms with Gasteiger partial charge in [0.2, 0.25) is 0 Å². The zero-order valence-corrected chi connectivity index (χ0v) is 22.8. The van der Waals surface area contributed by atoms with Gasteiger partial charge in [-0.2, -0.15) is 0 Å². The molecule has 3 nitrogen and oxygen atoms in total. The molecule has 3 heteroatoms. The predicted octanol–water partition coefficient (Wildman–Crippen LogP) is 10.00. The quantitative estimate of drug-likeness (QED) is 0.211. The van der Waals surface area contributed by atoms with Gasteiger partial charge in [-0.05, 0) is 61.6 Å². The van der Waals surface area contributed by atoms with Crippen LogP contribution < -0.4 is 0 Å². The molecule has 196 valence electrons. The molecule has 0 saturated heterocycles. The van der Waals surface area contributed by atoms with E-state index in [1.54, 1.807) is 6.20 Å². The second-order valence-corrected chi connectivity index (χ2v) is 10.5. The van der Waals surface area contributed by atoms with Gasteiger partial charge in [-0.25, -0.2) is 9.97 Å². The van der Waals surface area contributed by atoms with Crippen LogP contribution in [0.2, 0.25) is 0 Å². The summed E-state index contributed by atoms with van der Waals surface area (Å²) in [7, 11) is 0. The largest absolute Gasteiger partial charge is 0.264 e. The average molecular weight is 536 g/mol. The van der Waals surface area contributed by atoms with E-state index in [9.17, 15) is 0 Å². The van der Waals surface area contributed by atoms with Crippen LogP contribution in [0.3, 0.4) is 0 Å². The fourth-order valence-corrected chi connectivity index (χ4v) is 5.91. The fraction of sp³-hybridized carbons (Fsp3) is 0. The van der Waals surface area contributed by atoms with Gasteiger partial charge in [0.05, 0.1) is 11.4 Å². The number of fused-ring (bicyclic) bond motifs is 5. The van der Waals surface area contributed by atoms with Gasteiger partial charge in [-0.15, -0.1) is 0 Å². The van der Waals surface area contributed by atoms with Crippen molar-refractivity contribution in [3.05, 3.63) is 152 Å². The lowest BCUT2D eigenvalue weighted by atomic mass is 9.92. The molecule has 0 N–H and O–H groups in total. The van der Waals surface area contributed by atoms with Gasteiger partial charge in [0.15, 0.2) is 5.82 Å². The first kappa shape index (κ1) is 24.2. The summed E-state index contributed by atoms with van der Waals surface area (Å²) in [5.41, 5.74) is 7.13. The number of pyridine rings is 1. The normalized spacial score (nSPS) is 11.3. The molecule has 8 rings (SSSR count). The lowest BCUT2D eigenvalue weighted by Gasteiger charge is -2.14. The van der Waals surface area contributed by atoms with Crippen LogP contribution in [0.1, 0.15) is 0 Å². The molecule has 0 radical (unpaired) electrons. The third-order valence-corrected chi connectivity index (χ3v) is 7.96. The summed E-state index contributed by atoms with van der Waals surface area (Å²) in [4.78, 5) is 14.5. The van der Waals surface area contributed by atoms with Gasteiger partial charge in [0, 0.05) is 29.1 Å². The van der Waals surface area contributed by atoms with E-state index in [2.05, 4.69) is 120 Å². The standard InChI is InChI=1S/C39H25N3/c1-2-10-29(11-3-1)39-41-36(28-19-16-26(17-20-28)31-12-8-22-40-25-31)24-37(42-39)35-23-30-21-18-27-9-4-5-13-32(27)38(30)34-15-7-6-14-33(34)35/h1-25H. The van der Waals surface area contributed by atoms with Crippen LogP contribution in [0.15, 0.2) is 152 Å². The van der Waals surface area contributed by atoms with E-state index in [1.807, 2.05) is 30.5 Å². The van der Waals surface area contributed by atoms with E-state index in [-0.39, 0.29) is 0 Å². The zero-order chi connectivity index (χ0) is 27.9. The summed E-state index contributed by atoms with van der Waals surface area (Å²) in [6.07, 6.45) is 3.68. The van der Waals surface area contributed by atoms with Crippen LogP contribution >= 0.6 is 0 Å². The van der Waals surface area contributed by atoms with E-state index >= 15 is 0 Å². The summed E-state index contributed by atoms with van der Waals surface area (Å²) >= 11 is 0. The highest BCUT2D eigenvalue weighted by Crippen LogP contribution is 2.39. The topological polar surface area (TPSA) is 38.7 Å². The molecular weight excluding hydrogens is 510 g/mol. The van der Waals surface area contributed by atoms with Gasteiger partial charge in [0.1, 0.15) is 0 Å². The maximum atomic E-state index is 5.16. The minimum Gasteiger partial charge on any atom is -0.264 e. The van der Waals surface area contributed by atoms with E-state index in [0.29, 0.717) is 5.82 Å². The van der Waals surface area contributed by atoms with Crippen LogP contribution in [0, 0.1) is 0 Å². The Morgan fingerprint density at radius 1 is 0.405 bits per heavy atom. The Kier molecular flexibility index (Phi) is 5.79. The Morgan fingerprint density at radius 3 is 1.88 bits per heavy atom. The first-order valence-corrected chi connectivity index (χ1v) is 14.1. The molecule has 0 unspecified atom stereocenters. The molecule has 0 fully saturated rings. The monoisotopic (exact) mass is 535 g/mol. The highest BCUT2D eigenvalue weighted by molar-refractivity contribution is 6.23. The second kappa shape index (κ2) is 10.1. The third kappa shape index (κ3) is 4.20. The van der Waals surface area contributed by atoms with Crippen molar-refractivity contribution in [3.63, 3.8) is 0 Å². The number of nitrogens with zero attached hydrogens (tertiary/aromatic N) is 3. The van der Waals surface area contributed by atoms with Crippen LogP contribution in [0.4, 0.5) is 0 Å². The molecule has 0 spiro atoms. The molecule has 0 saturated carbocycles. The Balaban J connectivity index is 1.36. The highest BCUT2D eigenvalue weighted by Gasteiger charge is 2.15. The summed E-state index contributed by atoms with van der Waals surface area (Å²) < 4.78 is 0. The fourth-order valence-electron chi connectivity index (χ4n) is 5.91. The number of aromatic nitrogens is 3. The molecular formula is C39H25N3. The predicted molar refractivity (Wildman–Crippen MR) is 174 cm³/mol. The Labute approximate surface area is 243 Å². The van der Waals surface area contributed by atoms with Gasteiger partial charge in [-0.3, -0.25) is 4.98 Å². The Morgan fingerprint density at radius 2 is 1.07 bits per heavy atom. The molecule has 0 atom stereocenters. The maximum Gasteiger partial charge on any atom is 0.160 e. The molecule has 0 aliphatic carbocycles. The van der Waals surface area contributed by atoms with Crippen LogP contribution in [0.5, 0.6) is 0 Å². The van der Waals surface area contributed by atoms with Crippen LogP contribution in [0.25, 0.3) is 77.3 Å². The zero-order valence-electron chi connectivity index (χ0n) is 22.8. The summed E-state index contributed by atoms with van der Waals surface area (Å²) in [5.74, 6) is 0.710. The molecule has 0 aliphatic heterocycles. The van der Waals surface area contributed by atoms with Gasteiger partial charge in [-0.1, -0.05) is 121 Å². The minimum absolute atomic E-state index is 0.710.